The summed E-state index contributed by atoms with van der Waals surface area (Å²) in [6.07, 6.45) is 1.75. The monoisotopic (exact) mass is 465 g/mol. The first kappa shape index (κ1) is 22.7. The number of hydrogen-bond donors (Lipinski definition) is 2. The predicted octanol–water partition coefficient (Wildman–Crippen LogP) is 4.83. The fraction of sp³-hybridized carbons (Fsp3) is 0.333. The van der Waals surface area contributed by atoms with Crippen molar-refractivity contribution >= 4 is 34.6 Å². The summed E-state index contributed by atoms with van der Waals surface area (Å²) in [5, 5.41) is 15.3. The van der Waals surface area contributed by atoms with E-state index in [4.69, 9.17) is 4.74 Å². The lowest BCUT2D eigenvalue weighted by Crippen LogP contribution is -2.41. The normalized spacial score (nSPS) is 15.7. The van der Waals surface area contributed by atoms with Crippen LogP contribution in [0, 0.1) is 13.8 Å². The van der Waals surface area contributed by atoms with Crippen LogP contribution in [-0.4, -0.2) is 47.2 Å². The lowest BCUT2D eigenvalue weighted by molar-refractivity contribution is 0.102. The number of carbonyl (C=O) groups excluding carboxylic acids is 2. The first-order valence-corrected chi connectivity index (χ1v) is 11.7. The Hall–Kier alpha value is -3.46. The minimum absolute atomic E-state index is 0.0438. The molecule has 2 heterocycles. The predicted molar refractivity (Wildman–Crippen MR) is 129 cm³/mol. The van der Waals surface area contributed by atoms with Crippen LogP contribution in [0.2, 0.25) is 0 Å². The third kappa shape index (κ3) is 5.48. The standard InChI is InChI=1S/C24H27N5O3S/c1-15-6-9-18(10-7-15)25-21(30)23-28-27-22(33-23)17-5-4-12-29(14-17)24(31)26-19-13-16(2)8-11-20(19)32-3/h6-11,13,17H,4-5,12,14H2,1-3H3,(H,25,30)(H,26,31). The highest BCUT2D eigenvalue weighted by Gasteiger charge is 2.28. The second-order valence-electron chi connectivity index (χ2n) is 8.18. The number of methoxy groups -OCH3 is 1. The van der Waals surface area contributed by atoms with Crippen LogP contribution in [0.3, 0.4) is 0 Å². The molecule has 1 saturated heterocycles. The molecule has 4 rings (SSSR count). The van der Waals surface area contributed by atoms with Crippen LogP contribution in [-0.2, 0) is 0 Å². The van der Waals surface area contributed by atoms with Crippen LogP contribution >= 0.6 is 11.3 Å². The molecule has 0 spiro atoms. The Morgan fingerprint density at radius 1 is 1.06 bits per heavy atom. The Morgan fingerprint density at radius 3 is 2.58 bits per heavy atom. The van der Waals surface area contributed by atoms with E-state index < -0.39 is 0 Å². The van der Waals surface area contributed by atoms with Gasteiger partial charge in [0.1, 0.15) is 10.8 Å². The van der Waals surface area contributed by atoms with Crippen LogP contribution in [0.5, 0.6) is 5.75 Å². The van der Waals surface area contributed by atoms with Crippen LogP contribution in [0.1, 0.15) is 44.7 Å². The summed E-state index contributed by atoms with van der Waals surface area (Å²) in [6, 6.07) is 13.1. The summed E-state index contributed by atoms with van der Waals surface area (Å²) >= 11 is 1.28. The summed E-state index contributed by atoms with van der Waals surface area (Å²) < 4.78 is 5.36. The number of likely N-dealkylation sites (tertiary alicyclic amines) is 1. The van der Waals surface area contributed by atoms with E-state index in [9.17, 15) is 9.59 Å². The van der Waals surface area contributed by atoms with Crippen molar-refractivity contribution in [1.29, 1.82) is 0 Å². The van der Waals surface area contributed by atoms with Gasteiger partial charge >= 0.3 is 6.03 Å². The summed E-state index contributed by atoms with van der Waals surface area (Å²) in [6.45, 7) is 5.14. The molecular weight excluding hydrogens is 438 g/mol. The van der Waals surface area contributed by atoms with Crippen LogP contribution < -0.4 is 15.4 Å². The number of carbonyl (C=O) groups is 2. The number of anilines is 2. The number of piperidine rings is 1. The van der Waals surface area contributed by atoms with E-state index in [1.807, 2.05) is 56.3 Å². The van der Waals surface area contributed by atoms with Crippen LogP contribution in [0.4, 0.5) is 16.2 Å². The Kier molecular flexibility index (Phi) is 6.88. The maximum Gasteiger partial charge on any atom is 0.321 e. The van der Waals surface area contributed by atoms with Crippen molar-refractivity contribution in [3.8, 4) is 5.75 Å². The molecule has 8 nitrogen and oxygen atoms in total. The molecular formula is C24H27N5O3S. The zero-order valence-electron chi connectivity index (χ0n) is 18.9. The molecule has 0 radical (unpaired) electrons. The Labute approximate surface area is 197 Å². The van der Waals surface area contributed by atoms with Gasteiger partial charge in [-0.25, -0.2) is 4.79 Å². The van der Waals surface area contributed by atoms with Crippen LogP contribution in [0.15, 0.2) is 42.5 Å². The molecule has 1 fully saturated rings. The lowest BCUT2D eigenvalue weighted by Gasteiger charge is -2.31. The molecule has 1 aliphatic heterocycles. The lowest BCUT2D eigenvalue weighted by atomic mass is 9.99. The number of hydrogen-bond acceptors (Lipinski definition) is 6. The highest BCUT2D eigenvalue weighted by atomic mass is 32.1. The van der Waals surface area contributed by atoms with Gasteiger partial charge in [-0.15, -0.1) is 10.2 Å². The summed E-state index contributed by atoms with van der Waals surface area (Å²) in [4.78, 5) is 27.3. The number of ether oxygens (including phenoxy) is 1. The number of aryl methyl sites for hydroxylation is 2. The van der Waals surface area contributed by atoms with Crippen molar-refractivity contribution in [3.63, 3.8) is 0 Å². The summed E-state index contributed by atoms with van der Waals surface area (Å²) in [5.41, 5.74) is 3.52. The fourth-order valence-electron chi connectivity index (χ4n) is 3.79. The van der Waals surface area contributed by atoms with Gasteiger partial charge in [0.15, 0.2) is 0 Å². The van der Waals surface area contributed by atoms with Crippen molar-refractivity contribution < 1.29 is 14.3 Å². The van der Waals surface area contributed by atoms with Gasteiger partial charge in [0.2, 0.25) is 5.01 Å². The van der Waals surface area contributed by atoms with E-state index in [0.717, 1.165) is 34.7 Å². The quantitative estimate of drug-likeness (QED) is 0.563. The molecule has 2 N–H and O–H groups in total. The van der Waals surface area contributed by atoms with Gasteiger partial charge in [-0.05, 0) is 56.5 Å². The van der Waals surface area contributed by atoms with Gasteiger partial charge in [0.05, 0.1) is 12.8 Å². The molecule has 172 valence electrons. The smallest absolute Gasteiger partial charge is 0.321 e. The molecule has 33 heavy (non-hydrogen) atoms. The van der Waals surface area contributed by atoms with Crippen molar-refractivity contribution in [1.82, 2.24) is 15.1 Å². The van der Waals surface area contributed by atoms with Gasteiger partial charge in [-0.1, -0.05) is 35.1 Å². The second-order valence-corrected chi connectivity index (χ2v) is 9.19. The maximum atomic E-state index is 12.9. The molecule has 0 bridgehead atoms. The second kappa shape index (κ2) is 9.99. The van der Waals surface area contributed by atoms with E-state index in [1.165, 1.54) is 11.3 Å². The molecule has 1 aromatic heterocycles. The molecule has 2 aromatic carbocycles. The third-order valence-corrected chi connectivity index (χ3v) is 6.68. The van der Waals surface area contributed by atoms with Gasteiger partial charge < -0.3 is 20.3 Å². The molecule has 9 heteroatoms. The van der Waals surface area contributed by atoms with Crippen LogP contribution in [0.25, 0.3) is 0 Å². The first-order valence-electron chi connectivity index (χ1n) is 10.8. The average Bonchev–Trinajstić information content (AvgIpc) is 3.31. The van der Waals surface area contributed by atoms with Crippen molar-refractivity contribution in [2.45, 2.75) is 32.6 Å². The largest absolute Gasteiger partial charge is 0.495 e. The molecule has 0 aliphatic carbocycles. The third-order valence-electron chi connectivity index (χ3n) is 5.60. The molecule has 0 saturated carbocycles. The number of benzene rings is 2. The van der Waals surface area contributed by atoms with Gasteiger partial charge in [0, 0.05) is 24.7 Å². The Bertz CT molecular complexity index is 1150. The van der Waals surface area contributed by atoms with E-state index >= 15 is 0 Å². The van der Waals surface area contributed by atoms with E-state index in [2.05, 4.69) is 20.8 Å². The van der Waals surface area contributed by atoms with Gasteiger partial charge in [-0.2, -0.15) is 0 Å². The van der Waals surface area contributed by atoms with Crippen molar-refractivity contribution in [3.05, 3.63) is 63.6 Å². The molecule has 1 unspecified atom stereocenters. The number of rotatable bonds is 5. The summed E-state index contributed by atoms with van der Waals surface area (Å²) in [5.74, 6) is 0.387. The van der Waals surface area contributed by atoms with Crippen molar-refractivity contribution in [2.24, 2.45) is 0 Å². The fourth-order valence-corrected chi connectivity index (χ4v) is 4.65. The maximum absolute atomic E-state index is 12.9. The van der Waals surface area contributed by atoms with Crippen molar-refractivity contribution in [2.75, 3.05) is 30.8 Å². The average molecular weight is 466 g/mol. The SMILES string of the molecule is COc1ccc(C)cc1NC(=O)N1CCCC(c2nnc(C(=O)Nc3ccc(C)cc3)s2)C1. The topological polar surface area (TPSA) is 96.4 Å². The highest BCUT2D eigenvalue weighted by molar-refractivity contribution is 7.13. The minimum atomic E-state index is -0.278. The van der Waals surface area contributed by atoms with E-state index in [-0.39, 0.29) is 17.9 Å². The molecule has 3 amide bonds. The molecule has 1 atom stereocenters. The minimum Gasteiger partial charge on any atom is -0.495 e. The zero-order valence-corrected chi connectivity index (χ0v) is 19.7. The number of amides is 3. The van der Waals surface area contributed by atoms with Gasteiger partial charge in [0.25, 0.3) is 5.91 Å². The van der Waals surface area contributed by atoms with E-state index in [0.29, 0.717) is 29.5 Å². The number of nitrogens with zero attached hydrogens (tertiary/aromatic N) is 3. The molecule has 1 aliphatic rings. The highest BCUT2D eigenvalue weighted by Crippen LogP contribution is 2.31. The Balaban J connectivity index is 1.40. The van der Waals surface area contributed by atoms with E-state index in [1.54, 1.807) is 12.0 Å². The number of urea groups is 1. The first-order chi connectivity index (χ1) is 15.9. The molecule has 3 aromatic rings. The van der Waals surface area contributed by atoms with Gasteiger partial charge in [-0.3, -0.25) is 4.79 Å². The summed E-state index contributed by atoms with van der Waals surface area (Å²) in [7, 11) is 1.58. The Morgan fingerprint density at radius 2 is 1.82 bits per heavy atom. The number of nitrogens with one attached hydrogen (secondary N) is 2. The number of aromatic nitrogens is 2. The zero-order chi connectivity index (χ0) is 23.4.